The molecule has 3 rings (SSSR count). The summed E-state index contributed by atoms with van der Waals surface area (Å²) in [5.74, 6) is -6.10. The number of aliphatic hydroxyl groups is 11. The molecular formula is C75H138N2O21. The van der Waals surface area contributed by atoms with Gasteiger partial charge in [0.25, 0.3) is 5.79 Å². The van der Waals surface area contributed by atoms with E-state index in [0.717, 1.165) is 64.7 Å². The predicted octanol–water partition coefficient (Wildman–Crippen LogP) is 9.18. The number of rotatable bonds is 60. The monoisotopic (exact) mass is 1400 g/mol. The van der Waals surface area contributed by atoms with Crippen molar-refractivity contribution < 1.29 is 104 Å². The van der Waals surface area contributed by atoms with Gasteiger partial charge >= 0.3 is 5.97 Å². The number of carbonyl (C=O) groups excluding carboxylic acids is 2. The Morgan fingerprint density at radius 2 is 0.980 bits per heavy atom. The van der Waals surface area contributed by atoms with Gasteiger partial charge in [-0.2, -0.15) is 0 Å². The second-order valence-electron chi connectivity index (χ2n) is 28.2. The zero-order chi connectivity index (χ0) is 71.8. The number of allylic oxidation sites excluding steroid dienone is 4. The van der Waals surface area contributed by atoms with Gasteiger partial charge in [0.2, 0.25) is 11.8 Å². The molecule has 574 valence electrons. The molecule has 23 nitrogen and oxygen atoms in total. The molecule has 3 aliphatic heterocycles. The van der Waals surface area contributed by atoms with E-state index in [1.807, 2.05) is 0 Å². The number of carboxylic acids is 1. The number of nitrogens with one attached hydrogen (secondary N) is 2. The van der Waals surface area contributed by atoms with Crippen molar-refractivity contribution in [2.75, 3.05) is 26.4 Å². The molecule has 0 aromatic rings. The van der Waals surface area contributed by atoms with E-state index in [1.165, 1.54) is 186 Å². The molecule has 18 unspecified atom stereocenters. The van der Waals surface area contributed by atoms with Crippen molar-refractivity contribution in [1.82, 2.24) is 10.6 Å². The Morgan fingerprint density at radius 3 is 1.43 bits per heavy atom. The summed E-state index contributed by atoms with van der Waals surface area (Å²) in [4.78, 5) is 38.5. The maximum Gasteiger partial charge on any atom is 0.364 e. The lowest BCUT2D eigenvalue weighted by Crippen LogP contribution is -2.70. The fourth-order valence-electron chi connectivity index (χ4n) is 13.5. The van der Waals surface area contributed by atoms with Crippen molar-refractivity contribution >= 4 is 17.8 Å². The van der Waals surface area contributed by atoms with Crippen LogP contribution in [0.25, 0.3) is 0 Å². The summed E-state index contributed by atoms with van der Waals surface area (Å²) in [6.45, 7) is 2.18. The highest BCUT2D eigenvalue weighted by molar-refractivity contribution is 5.77. The molecule has 3 saturated heterocycles. The predicted molar refractivity (Wildman–Crippen MR) is 375 cm³/mol. The van der Waals surface area contributed by atoms with Crippen LogP contribution in [0.2, 0.25) is 0 Å². The molecule has 0 aliphatic carbocycles. The third-order valence-corrected chi connectivity index (χ3v) is 19.7. The van der Waals surface area contributed by atoms with Gasteiger partial charge in [0.05, 0.1) is 50.7 Å². The van der Waals surface area contributed by atoms with Crippen LogP contribution in [0.4, 0.5) is 0 Å². The van der Waals surface area contributed by atoms with Crippen LogP contribution in [0.15, 0.2) is 24.3 Å². The molecule has 18 atom stereocenters. The van der Waals surface area contributed by atoms with E-state index in [2.05, 4.69) is 48.8 Å². The highest BCUT2D eigenvalue weighted by atomic mass is 16.8. The van der Waals surface area contributed by atoms with Gasteiger partial charge in [0, 0.05) is 19.8 Å². The molecule has 23 heteroatoms. The van der Waals surface area contributed by atoms with Crippen molar-refractivity contribution in [3.05, 3.63) is 24.3 Å². The van der Waals surface area contributed by atoms with Gasteiger partial charge in [-0.1, -0.05) is 256 Å². The summed E-state index contributed by atoms with van der Waals surface area (Å²) >= 11 is 0. The van der Waals surface area contributed by atoms with E-state index < -0.39 is 148 Å². The number of hydrogen-bond acceptors (Lipinski definition) is 20. The Bertz CT molecular complexity index is 2060. The van der Waals surface area contributed by atoms with Gasteiger partial charge in [-0.25, -0.2) is 4.79 Å². The van der Waals surface area contributed by atoms with E-state index in [0.29, 0.717) is 19.3 Å². The fraction of sp³-hybridized carbons (Fsp3) is 0.907. The maximum absolute atomic E-state index is 13.5. The first-order chi connectivity index (χ1) is 47.4. The number of ether oxygens (including phenoxy) is 6. The Hall–Kier alpha value is -2.79. The second-order valence-corrected chi connectivity index (χ2v) is 28.2. The number of unbranched alkanes of at least 4 members (excludes halogenated alkanes) is 36. The molecule has 0 radical (unpaired) electrons. The second kappa shape index (κ2) is 54.8. The van der Waals surface area contributed by atoms with Crippen LogP contribution >= 0.6 is 0 Å². The quantitative estimate of drug-likeness (QED) is 0.0199. The van der Waals surface area contributed by atoms with E-state index in [-0.39, 0.29) is 18.9 Å². The summed E-state index contributed by atoms with van der Waals surface area (Å²) in [6, 6.07) is -2.53. The number of carboxylic acid groups (broad SMARTS) is 1. The molecule has 0 spiro atoms. The zero-order valence-electron chi connectivity index (χ0n) is 60.4. The van der Waals surface area contributed by atoms with E-state index >= 15 is 0 Å². The van der Waals surface area contributed by atoms with Crippen molar-refractivity contribution in [3.63, 3.8) is 0 Å². The van der Waals surface area contributed by atoms with E-state index in [4.69, 9.17) is 28.4 Å². The number of carbonyl (C=O) groups is 3. The number of aliphatic carboxylic acids is 1. The lowest BCUT2D eigenvalue weighted by atomic mass is 9.88. The Morgan fingerprint density at radius 1 is 0.531 bits per heavy atom. The largest absolute Gasteiger partial charge is 0.477 e. The lowest BCUT2D eigenvalue weighted by molar-refractivity contribution is -0.386. The van der Waals surface area contributed by atoms with Crippen LogP contribution in [-0.2, 0) is 42.8 Å². The number of aliphatic hydroxyl groups excluding tert-OH is 11. The molecule has 3 fully saturated rings. The Kier molecular flexibility index (Phi) is 50.0. The molecular weight excluding hydrogens is 1260 g/mol. The Labute approximate surface area is 587 Å². The zero-order valence-corrected chi connectivity index (χ0v) is 60.4. The molecule has 2 amide bonds. The molecule has 0 aromatic heterocycles. The lowest BCUT2D eigenvalue weighted by Gasteiger charge is -2.50. The third-order valence-electron chi connectivity index (χ3n) is 19.7. The summed E-state index contributed by atoms with van der Waals surface area (Å²) < 4.78 is 34.8. The first-order valence-corrected chi connectivity index (χ1v) is 38.7. The fourth-order valence-corrected chi connectivity index (χ4v) is 13.5. The number of hydrogen-bond donors (Lipinski definition) is 14. The molecule has 3 aliphatic rings. The summed E-state index contributed by atoms with van der Waals surface area (Å²) in [5, 5.41) is 136. The van der Waals surface area contributed by atoms with Gasteiger partial charge in [-0.15, -0.1) is 0 Å². The maximum atomic E-state index is 13.5. The van der Waals surface area contributed by atoms with E-state index in [1.54, 1.807) is 0 Å². The number of amides is 2. The van der Waals surface area contributed by atoms with E-state index in [9.17, 15) is 75.7 Å². The smallest absolute Gasteiger partial charge is 0.364 e. The van der Waals surface area contributed by atoms with Gasteiger partial charge < -0.3 is 100 Å². The molecule has 0 bridgehead atoms. The van der Waals surface area contributed by atoms with Crippen LogP contribution in [-0.4, -0.2) is 215 Å². The first-order valence-electron chi connectivity index (χ1n) is 38.7. The summed E-state index contributed by atoms with van der Waals surface area (Å²) in [7, 11) is 0. The summed E-state index contributed by atoms with van der Waals surface area (Å²) in [6.07, 6.45) is 29.6. The van der Waals surface area contributed by atoms with Crippen LogP contribution < -0.4 is 10.6 Å². The normalized spacial score (nSPS) is 27.3. The third kappa shape index (κ3) is 35.6. The van der Waals surface area contributed by atoms with Gasteiger partial charge in [0.1, 0.15) is 67.1 Å². The van der Waals surface area contributed by atoms with Crippen molar-refractivity contribution in [3.8, 4) is 0 Å². The molecule has 3 heterocycles. The van der Waals surface area contributed by atoms with Crippen LogP contribution in [0, 0.1) is 0 Å². The average molecular weight is 1400 g/mol. The topological polar surface area (TPSA) is 373 Å². The highest BCUT2D eigenvalue weighted by Crippen LogP contribution is 2.39. The van der Waals surface area contributed by atoms with Gasteiger partial charge in [-0.05, 0) is 44.9 Å². The highest BCUT2D eigenvalue weighted by Gasteiger charge is 2.60. The van der Waals surface area contributed by atoms with Gasteiger partial charge in [0.15, 0.2) is 12.6 Å². The minimum Gasteiger partial charge on any atom is -0.477 e. The minimum absolute atomic E-state index is 0.225. The first kappa shape index (κ1) is 89.4. The SMILES string of the molecule is CCCCCCCCCCCCC/C=C\C/C=C\CCCCCCCCCCCCCCCCCCCC(=O)NC(COC1OC(CO)C(OC2OC(CO)C(O)C(OC3(C(=O)O)CC(O)C(NC(C)=O)C(C(O)C(O)CO)O3)C2O)C(O)C1O)C(O)CCCCCCCCCCC. The minimum atomic E-state index is -3.08. The average Bonchev–Trinajstić information content (AvgIpc) is 0.756. The molecule has 14 N–H and O–H groups in total. The van der Waals surface area contributed by atoms with Crippen molar-refractivity contribution in [2.45, 2.75) is 407 Å². The van der Waals surface area contributed by atoms with Crippen molar-refractivity contribution in [1.29, 1.82) is 0 Å². The Balaban J connectivity index is 1.40. The van der Waals surface area contributed by atoms with Crippen LogP contribution in [0.5, 0.6) is 0 Å². The van der Waals surface area contributed by atoms with Crippen LogP contribution in [0.3, 0.4) is 0 Å². The summed E-state index contributed by atoms with van der Waals surface area (Å²) in [5.41, 5.74) is 0. The van der Waals surface area contributed by atoms with Gasteiger partial charge in [-0.3, -0.25) is 9.59 Å². The van der Waals surface area contributed by atoms with Crippen molar-refractivity contribution in [2.24, 2.45) is 0 Å². The molecule has 98 heavy (non-hydrogen) atoms. The standard InChI is InChI=1S/C75H138N2O21/c1-4-6-8-10-12-14-15-16-17-18-19-20-21-22-23-24-25-26-27-28-29-30-31-32-33-34-35-36-37-38-39-41-43-45-47-49-62(85)77-56(57(82)48-46-44-42-40-13-11-9-7-5-2)54-93-72-67(89)66(88)69(61(53-80)95-72)96-73-68(90)71(65(87)60(52-79)94-73)98-75(74(91)92)50-58(83)63(76-55(3)81)70(97-75)64(86)59(84)51-78/h21-22,24-25,56-61,63-73,78-80,82-84,86-90H,4-20,23,26-54H2,1-3H3,(H,76,81)(H,77,85)(H,91,92)/b22-21-,25-24-. The molecule has 0 saturated carbocycles. The van der Waals surface area contributed by atoms with Crippen LogP contribution in [0.1, 0.15) is 297 Å². The molecule has 0 aromatic carbocycles.